The van der Waals surface area contributed by atoms with Gasteiger partial charge >= 0.3 is 0 Å². The standard InChI is InChI=1S/C28H28N2O3S/c1-3-30(28(34)33-25-12-8-5-9-13-25)20-22-14-16-24(17-15-22)31-19-18-26-21(2)32-27(29-26)23-10-6-4-7-11-23/h4-17H,3,18-20H2,1-2H3. The Bertz CT molecular complexity index is 1190. The molecule has 0 saturated heterocycles. The van der Waals surface area contributed by atoms with Gasteiger partial charge in [0, 0.05) is 25.1 Å². The van der Waals surface area contributed by atoms with Gasteiger partial charge in [-0.15, -0.1) is 0 Å². The normalized spacial score (nSPS) is 10.6. The minimum absolute atomic E-state index is 0.465. The first kappa shape index (κ1) is 23.5. The second kappa shape index (κ2) is 11.5. The van der Waals surface area contributed by atoms with Gasteiger partial charge in [-0.2, -0.15) is 0 Å². The van der Waals surface area contributed by atoms with E-state index in [1.807, 2.05) is 84.6 Å². The SMILES string of the molecule is CCN(Cc1ccc(OCCc2nc(-c3ccccc3)oc2C)cc1)C(=S)Oc1ccccc1. The summed E-state index contributed by atoms with van der Waals surface area (Å²) in [7, 11) is 0. The first-order valence-corrected chi connectivity index (χ1v) is 11.8. The van der Waals surface area contributed by atoms with E-state index >= 15 is 0 Å². The fourth-order valence-electron chi connectivity index (χ4n) is 3.50. The maximum absolute atomic E-state index is 5.95. The maximum Gasteiger partial charge on any atom is 0.265 e. The van der Waals surface area contributed by atoms with Crippen molar-refractivity contribution in [1.82, 2.24) is 9.88 Å². The van der Waals surface area contributed by atoms with Crippen LogP contribution in [0.1, 0.15) is 23.9 Å². The number of ether oxygens (including phenoxy) is 2. The molecular weight excluding hydrogens is 444 g/mol. The number of oxazole rings is 1. The van der Waals surface area contributed by atoms with Gasteiger partial charge in [-0.05, 0) is 68.0 Å². The maximum atomic E-state index is 5.95. The number of aromatic nitrogens is 1. The smallest absolute Gasteiger partial charge is 0.265 e. The van der Waals surface area contributed by atoms with Crippen molar-refractivity contribution in [2.75, 3.05) is 13.2 Å². The predicted octanol–water partition coefficient (Wildman–Crippen LogP) is 6.46. The quantitative estimate of drug-likeness (QED) is 0.261. The molecule has 34 heavy (non-hydrogen) atoms. The molecule has 3 aromatic carbocycles. The van der Waals surface area contributed by atoms with Crippen molar-refractivity contribution in [1.29, 1.82) is 0 Å². The largest absolute Gasteiger partial charge is 0.493 e. The number of rotatable bonds is 9. The molecule has 0 amide bonds. The summed E-state index contributed by atoms with van der Waals surface area (Å²) >= 11 is 5.49. The molecule has 0 spiro atoms. The molecule has 174 valence electrons. The second-order valence-corrected chi connectivity index (χ2v) is 8.17. The van der Waals surface area contributed by atoms with E-state index in [0.29, 0.717) is 30.6 Å². The molecule has 1 aromatic heterocycles. The van der Waals surface area contributed by atoms with Crippen molar-refractivity contribution >= 4 is 17.4 Å². The summed E-state index contributed by atoms with van der Waals surface area (Å²) < 4.78 is 17.6. The number of thiocarbonyl (C=S) groups is 1. The Kier molecular flexibility index (Phi) is 7.94. The van der Waals surface area contributed by atoms with Crippen molar-refractivity contribution in [2.45, 2.75) is 26.8 Å². The molecule has 0 atom stereocenters. The Labute approximate surface area is 206 Å². The third kappa shape index (κ3) is 6.23. The molecule has 6 heteroatoms. The molecule has 5 nitrogen and oxygen atoms in total. The van der Waals surface area contributed by atoms with Crippen LogP contribution in [-0.2, 0) is 13.0 Å². The highest BCUT2D eigenvalue weighted by Crippen LogP contribution is 2.22. The molecule has 0 aliphatic heterocycles. The third-order valence-corrected chi connectivity index (χ3v) is 5.75. The highest BCUT2D eigenvalue weighted by Gasteiger charge is 2.12. The van der Waals surface area contributed by atoms with Crippen LogP contribution in [0.5, 0.6) is 11.5 Å². The summed E-state index contributed by atoms with van der Waals surface area (Å²) in [4.78, 5) is 6.66. The molecule has 0 N–H and O–H groups in total. The molecule has 0 fully saturated rings. The average Bonchev–Trinajstić information content (AvgIpc) is 3.25. The van der Waals surface area contributed by atoms with Crippen LogP contribution in [0.2, 0.25) is 0 Å². The van der Waals surface area contributed by atoms with Crippen LogP contribution in [0.4, 0.5) is 0 Å². The van der Waals surface area contributed by atoms with Gasteiger partial charge < -0.3 is 18.8 Å². The van der Waals surface area contributed by atoms with Crippen LogP contribution in [0.3, 0.4) is 0 Å². The van der Waals surface area contributed by atoms with Crippen LogP contribution >= 0.6 is 12.2 Å². The number of hydrogen-bond acceptors (Lipinski definition) is 5. The van der Waals surface area contributed by atoms with E-state index in [9.17, 15) is 0 Å². The van der Waals surface area contributed by atoms with Crippen LogP contribution in [0, 0.1) is 6.92 Å². The van der Waals surface area contributed by atoms with Crippen LogP contribution in [0.25, 0.3) is 11.5 Å². The number of benzene rings is 3. The highest BCUT2D eigenvalue weighted by atomic mass is 32.1. The van der Waals surface area contributed by atoms with Crippen LogP contribution < -0.4 is 9.47 Å². The zero-order valence-corrected chi connectivity index (χ0v) is 20.3. The predicted molar refractivity (Wildman–Crippen MR) is 138 cm³/mol. The highest BCUT2D eigenvalue weighted by molar-refractivity contribution is 7.80. The topological polar surface area (TPSA) is 47.7 Å². The molecule has 0 radical (unpaired) electrons. The monoisotopic (exact) mass is 472 g/mol. The summed E-state index contributed by atoms with van der Waals surface area (Å²) in [6.07, 6.45) is 0.679. The molecule has 4 rings (SSSR count). The number of aryl methyl sites for hydroxylation is 1. The summed E-state index contributed by atoms with van der Waals surface area (Å²) in [6, 6.07) is 27.6. The van der Waals surface area contributed by atoms with Gasteiger partial charge in [0.05, 0.1) is 12.3 Å². The van der Waals surface area contributed by atoms with Gasteiger partial charge in [0.2, 0.25) is 5.89 Å². The first-order valence-electron chi connectivity index (χ1n) is 11.4. The van der Waals surface area contributed by atoms with E-state index in [4.69, 9.17) is 26.1 Å². The summed E-state index contributed by atoms with van der Waals surface area (Å²) in [6.45, 7) is 5.95. The molecule has 1 heterocycles. The lowest BCUT2D eigenvalue weighted by molar-refractivity contribution is 0.319. The van der Waals surface area contributed by atoms with Crippen molar-refractivity contribution in [3.8, 4) is 23.0 Å². The lowest BCUT2D eigenvalue weighted by Crippen LogP contribution is -2.32. The van der Waals surface area contributed by atoms with Crippen molar-refractivity contribution in [2.24, 2.45) is 0 Å². The van der Waals surface area contributed by atoms with Gasteiger partial charge in [0.15, 0.2) is 0 Å². The second-order valence-electron chi connectivity index (χ2n) is 7.83. The van der Waals surface area contributed by atoms with E-state index < -0.39 is 0 Å². The lowest BCUT2D eigenvalue weighted by Gasteiger charge is -2.23. The Hall–Kier alpha value is -3.64. The molecule has 0 unspecified atom stereocenters. The molecule has 0 bridgehead atoms. The molecule has 0 saturated carbocycles. The van der Waals surface area contributed by atoms with Crippen molar-refractivity contribution < 1.29 is 13.9 Å². The minimum atomic E-state index is 0.465. The molecule has 0 aliphatic carbocycles. The van der Waals surface area contributed by atoms with Gasteiger partial charge in [0.25, 0.3) is 5.17 Å². The Morgan fingerprint density at radius 1 is 0.912 bits per heavy atom. The molecule has 0 aliphatic rings. The minimum Gasteiger partial charge on any atom is -0.493 e. The Balaban J connectivity index is 1.28. The van der Waals surface area contributed by atoms with E-state index in [1.54, 1.807) is 0 Å². The first-order chi connectivity index (χ1) is 16.6. The van der Waals surface area contributed by atoms with Gasteiger partial charge in [-0.1, -0.05) is 48.5 Å². The number of para-hydroxylation sites is 1. The summed E-state index contributed by atoms with van der Waals surface area (Å²) in [5, 5.41) is 0.465. The van der Waals surface area contributed by atoms with Gasteiger partial charge in [-0.25, -0.2) is 4.98 Å². The summed E-state index contributed by atoms with van der Waals surface area (Å²) in [5.74, 6) is 3.03. The van der Waals surface area contributed by atoms with Gasteiger partial charge in [0.1, 0.15) is 17.3 Å². The van der Waals surface area contributed by atoms with E-state index in [-0.39, 0.29) is 0 Å². The summed E-state index contributed by atoms with van der Waals surface area (Å²) in [5.41, 5.74) is 3.03. The zero-order chi connectivity index (χ0) is 23.8. The van der Waals surface area contributed by atoms with E-state index in [0.717, 1.165) is 40.6 Å². The van der Waals surface area contributed by atoms with Crippen molar-refractivity contribution in [3.63, 3.8) is 0 Å². The fraction of sp³-hybridized carbons (Fsp3) is 0.214. The Morgan fingerprint density at radius 2 is 1.59 bits per heavy atom. The fourth-order valence-corrected chi connectivity index (χ4v) is 3.79. The Morgan fingerprint density at radius 3 is 2.26 bits per heavy atom. The lowest BCUT2D eigenvalue weighted by atomic mass is 10.2. The number of nitrogens with zero attached hydrogens (tertiary/aromatic N) is 2. The van der Waals surface area contributed by atoms with E-state index in [1.165, 1.54) is 0 Å². The van der Waals surface area contributed by atoms with Crippen molar-refractivity contribution in [3.05, 3.63) is 102 Å². The van der Waals surface area contributed by atoms with E-state index in [2.05, 4.69) is 24.0 Å². The van der Waals surface area contributed by atoms with Crippen LogP contribution in [0.15, 0.2) is 89.3 Å². The molecular formula is C28H28N2O3S. The average molecular weight is 473 g/mol. The third-order valence-electron chi connectivity index (χ3n) is 5.41. The zero-order valence-electron chi connectivity index (χ0n) is 19.4. The van der Waals surface area contributed by atoms with Crippen LogP contribution in [-0.4, -0.2) is 28.2 Å². The number of hydrogen-bond donors (Lipinski definition) is 0. The van der Waals surface area contributed by atoms with Gasteiger partial charge in [-0.3, -0.25) is 0 Å². The molecule has 4 aromatic rings.